The first-order valence-corrected chi connectivity index (χ1v) is 17.3. The highest BCUT2D eigenvalue weighted by molar-refractivity contribution is 5.49. The van der Waals surface area contributed by atoms with E-state index in [1.165, 1.54) is 19.3 Å². The van der Waals surface area contributed by atoms with Crippen LogP contribution in [-0.2, 0) is 33.2 Å². The van der Waals surface area contributed by atoms with E-state index < -0.39 is 0 Å². The van der Waals surface area contributed by atoms with E-state index in [4.69, 9.17) is 28.4 Å². The number of unbranched alkanes of at least 4 members (excludes halogenated alkanes) is 4. The third kappa shape index (κ3) is 11.8. The number of ether oxygens (including phenoxy) is 6. The zero-order chi connectivity index (χ0) is 29.2. The van der Waals surface area contributed by atoms with Gasteiger partial charge in [0.15, 0.2) is 18.9 Å². The van der Waals surface area contributed by atoms with Crippen LogP contribution in [0.4, 0.5) is 0 Å². The van der Waals surface area contributed by atoms with Crippen LogP contribution in [0.25, 0.3) is 0 Å². The fourth-order valence-corrected chi connectivity index (χ4v) is 6.75. The second-order valence-corrected chi connectivity index (χ2v) is 12.6. The molecular weight excluding hydrogens is 532 g/mol. The van der Waals surface area contributed by atoms with Crippen molar-refractivity contribution < 1.29 is 33.2 Å². The molecule has 7 nitrogen and oxygen atoms in total. The van der Waals surface area contributed by atoms with Gasteiger partial charge in [0.05, 0.1) is 18.3 Å². The molecule has 240 valence electrons. The van der Waals surface area contributed by atoms with Crippen molar-refractivity contribution in [2.45, 2.75) is 160 Å². The van der Waals surface area contributed by atoms with E-state index in [9.17, 15) is 4.79 Å². The Kier molecular flexibility index (Phi) is 16.1. The van der Waals surface area contributed by atoms with Crippen molar-refractivity contribution >= 4 is 6.29 Å². The van der Waals surface area contributed by atoms with Gasteiger partial charge in [-0.05, 0) is 89.4 Å². The number of aldehydes is 1. The topological polar surface area (TPSA) is 72.5 Å². The van der Waals surface area contributed by atoms with Gasteiger partial charge in [-0.1, -0.05) is 50.5 Å². The Balaban J connectivity index is 1.51. The van der Waals surface area contributed by atoms with Gasteiger partial charge < -0.3 is 33.2 Å². The molecule has 0 radical (unpaired) electrons. The summed E-state index contributed by atoms with van der Waals surface area (Å²) in [6.07, 6.45) is 28.4. The Labute approximate surface area is 255 Å². The van der Waals surface area contributed by atoms with Crippen LogP contribution in [0.2, 0.25) is 0 Å². The smallest absolute Gasteiger partial charge is 0.158 e. The van der Waals surface area contributed by atoms with Crippen LogP contribution in [0.15, 0.2) is 24.3 Å². The zero-order valence-corrected chi connectivity index (χ0v) is 26.2. The summed E-state index contributed by atoms with van der Waals surface area (Å²) in [6.45, 7) is 4.59. The fraction of sp³-hybridized carbons (Fsp3) is 0.857. The Morgan fingerprint density at radius 1 is 0.762 bits per heavy atom. The molecule has 0 spiro atoms. The van der Waals surface area contributed by atoms with Crippen molar-refractivity contribution in [3.8, 4) is 0 Å². The van der Waals surface area contributed by atoms with E-state index in [0.29, 0.717) is 6.42 Å². The highest BCUT2D eigenvalue weighted by Gasteiger charge is 2.45. The molecule has 0 bridgehead atoms. The summed E-state index contributed by atoms with van der Waals surface area (Å²) in [7, 11) is 0. The molecule has 0 amide bonds. The zero-order valence-electron chi connectivity index (χ0n) is 26.2. The van der Waals surface area contributed by atoms with E-state index in [1.807, 2.05) is 0 Å². The summed E-state index contributed by atoms with van der Waals surface area (Å²) in [4.78, 5) is 10.8. The number of carbonyl (C=O) groups is 1. The van der Waals surface area contributed by atoms with Gasteiger partial charge in [-0.3, -0.25) is 0 Å². The van der Waals surface area contributed by atoms with Crippen molar-refractivity contribution in [2.75, 3.05) is 19.8 Å². The van der Waals surface area contributed by atoms with Crippen LogP contribution in [0.3, 0.4) is 0 Å². The molecule has 4 rings (SSSR count). The summed E-state index contributed by atoms with van der Waals surface area (Å²) >= 11 is 0. The molecule has 3 heterocycles. The van der Waals surface area contributed by atoms with E-state index in [1.54, 1.807) is 0 Å². The number of carbonyl (C=O) groups excluding carboxylic acids is 1. The van der Waals surface area contributed by atoms with Crippen molar-refractivity contribution in [1.29, 1.82) is 0 Å². The summed E-state index contributed by atoms with van der Waals surface area (Å²) in [5.74, 6) is 0.457. The number of hydrogen-bond donors (Lipinski definition) is 0. The van der Waals surface area contributed by atoms with Crippen molar-refractivity contribution in [1.82, 2.24) is 0 Å². The number of allylic oxidation sites excluding steroid dienone is 2. The molecule has 3 aliphatic heterocycles. The van der Waals surface area contributed by atoms with Gasteiger partial charge in [0.1, 0.15) is 6.29 Å². The first-order valence-electron chi connectivity index (χ1n) is 17.3. The van der Waals surface area contributed by atoms with Gasteiger partial charge in [-0.25, -0.2) is 0 Å². The molecule has 4 fully saturated rings. The van der Waals surface area contributed by atoms with Gasteiger partial charge >= 0.3 is 0 Å². The maximum atomic E-state index is 10.8. The lowest BCUT2D eigenvalue weighted by Gasteiger charge is -2.30. The van der Waals surface area contributed by atoms with Crippen molar-refractivity contribution in [3.63, 3.8) is 0 Å². The molecule has 0 aromatic heterocycles. The van der Waals surface area contributed by atoms with Crippen molar-refractivity contribution in [2.24, 2.45) is 11.8 Å². The Morgan fingerprint density at radius 3 is 2.05 bits per heavy atom. The normalized spacial score (nSPS) is 33.4. The number of rotatable bonds is 18. The van der Waals surface area contributed by atoms with Gasteiger partial charge in [0.2, 0.25) is 0 Å². The highest BCUT2D eigenvalue weighted by Crippen LogP contribution is 2.42. The quantitative estimate of drug-likeness (QED) is 0.0916. The SMILES string of the molecule is CCCCC[C@@H](/C=C/[C@@H]1[C@@H](C/C=C\CCCC=O)[C@@H](OC2CCCCO2)C[C@H]1OC1CCCCO1)OC1CCCCO1. The average molecular weight is 591 g/mol. The monoisotopic (exact) mass is 590 g/mol. The molecular formula is C35H58O7. The largest absolute Gasteiger partial charge is 0.353 e. The maximum absolute atomic E-state index is 10.8. The van der Waals surface area contributed by atoms with Gasteiger partial charge in [0, 0.05) is 38.6 Å². The molecule has 0 N–H and O–H groups in total. The first-order chi connectivity index (χ1) is 20.8. The van der Waals surface area contributed by atoms with E-state index in [-0.39, 0.29) is 49.0 Å². The van der Waals surface area contributed by atoms with E-state index in [2.05, 4.69) is 31.2 Å². The highest BCUT2D eigenvalue weighted by atomic mass is 16.7. The molecule has 3 saturated heterocycles. The van der Waals surface area contributed by atoms with E-state index >= 15 is 0 Å². The van der Waals surface area contributed by atoms with Gasteiger partial charge in [0.25, 0.3) is 0 Å². The van der Waals surface area contributed by atoms with Gasteiger partial charge in [-0.15, -0.1) is 0 Å². The standard InChI is InChI=1S/C35H58O7/c1-2-3-7-16-28(40-33-18-9-13-24-37-33)21-22-30-29(17-8-5-4-6-12-23-36)31(41-34-19-10-14-25-38-34)27-32(30)42-35-20-11-15-26-39-35/h5,8,21-23,28-35H,2-4,6-7,9-20,24-27H2,1H3/b8-5-,22-21+/t28-,29+,30+,31-,32+,33?,34?,35?/m0/s1. The molecule has 1 aliphatic carbocycles. The first kappa shape index (κ1) is 33.8. The molecule has 42 heavy (non-hydrogen) atoms. The molecule has 1 saturated carbocycles. The lowest BCUT2D eigenvalue weighted by atomic mass is 9.89. The second-order valence-electron chi connectivity index (χ2n) is 12.6. The summed E-state index contributed by atoms with van der Waals surface area (Å²) < 4.78 is 38.0. The fourth-order valence-electron chi connectivity index (χ4n) is 6.75. The predicted molar refractivity (Wildman–Crippen MR) is 164 cm³/mol. The average Bonchev–Trinajstić information content (AvgIpc) is 3.33. The third-order valence-corrected chi connectivity index (χ3v) is 9.17. The molecule has 7 heteroatoms. The van der Waals surface area contributed by atoms with E-state index in [0.717, 1.165) is 116 Å². The third-order valence-electron chi connectivity index (χ3n) is 9.17. The minimum atomic E-state index is -0.142. The molecule has 8 atom stereocenters. The lowest BCUT2D eigenvalue weighted by Crippen LogP contribution is -2.31. The van der Waals surface area contributed by atoms with Crippen LogP contribution in [0.1, 0.15) is 122 Å². The van der Waals surface area contributed by atoms with Crippen LogP contribution in [0.5, 0.6) is 0 Å². The van der Waals surface area contributed by atoms with Gasteiger partial charge in [-0.2, -0.15) is 0 Å². The summed E-state index contributed by atoms with van der Waals surface area (Å²) in [5, 5.41) is 0. The minimum absolute atomic E-state index is 0.0219. The maximum Gasteiger partial charge on any atom is 0.158 e. The predicted octanol–water partition coefficient (Wildman–Crippen LogP) is 7.81. The molecule has 4 aliphatic rings. The van der Waals surface area contributed by atoms with Crippen LogP contribution < -0.4 is 0 Å². The Morgan fingerprint density at radius 2 is 1.43 bits per heavy atom. The second kappa shape index (κ2) is 20.0. The Hall–Kier alpha value is -1.09. The lowest BCUT2D eigenvalue weighted by molar-refractivity contribution is -0.203. The summed E-state index contributed by atoms with van der Waals surface area (Å²) in [6, 6.07) is 0. The van der Waals surface area contributed by atoms with Crippen LogP contribution in [-0.4, -0.2) is 63.3 Å². The molecule has 0 aromatic rings. The van der Waals surface area contributed by atoms with Crippen molar-refractivity contribution in [3.05, 3.63) is 24.3 Å². The Bertz CT molecular complexity index is 767. The minimum Gasteiger partial charge on any atom is -0.353 e. The molecule has 3 unspecified atom stereocenters. The summed E-state index contributed by atoms with van der Waals surface area (Å²) in [5.41, 5.74) is 0. The van der Waals surface area contributed by atoms with Crippen LogP contribution in [0, 0.1) is 11.8 Å². The molecule has 0 aromatic carbocycles. The van der Waals surface area contributed by atoms with Crippen LogP contribution >= 0.6 is 0 Å². The number of hydrogen-bond acceptors (Lipinski definition) is 7.